The number of carboxylic acid groups (broad SMARTS) is 1. The van der Waals surface area contributed by atoms with E-state index in [2.05, 4.69) is 0 Å². The van der Waals surface area contributed by atoms with Crippen LogP contribution in [0.15, 0.2) is 18.2 Å². The Balaban J connectivity index is 2.88. The van der Waals surface area contributed by atoms with E-state index in [1.54, 1.807) is 14.2 Å². The molecule has 0 radical (unpaired) electrons. The Kier molecular flexibility index (Phi) is 6.98. The number of likely N-dealkylation sites (N-methyl/N-ethyl adjacent to an activating group) is 1. The molecule has 0 aliphatic rings. The highest BCUT2D eigenvalue weighted by molar-refractivity contribution is 5.69. The van der Waals surface area contributed by atoms with Gasteiger partial charge in [0.15, 0.2) is 11.5 Å². The van der Waals surface area contributed by atoms with E-state index in [4.69, 9.17) is 14.6 Å². The van der Waals surface area contributed by atoms with E-state index < -0.39 is 5.97 Å². The van der Waals surface area contributed by atoms with Gasteiger partial charge in [-0.25, -0.2) is 0 Å². The number of methoxy groups -OCH3 is 2. The molecule has 0 amide bonds. The summed E-state index contributed by atoms with van der Waals surface area (Å²) in [6, 6.07) is 5.62. The fraction of sp³-hybridized carbons (Fsp3) is 0.533. The molecule has 21 heavy (non-hydrogen) atoms. The Morgan fingerprint density at radius 3 is 2.43 bits per heavy atom. The number of ether oxygens (including phenoxy) is 2. The summed E-state index contributed by atoms with van der Waals surface area (Å²) in [6.45, 7) is 1.95. The minimum atomic E-state index is -0.837. The van der Waals surface area contributed by atoms with Crippen LogP contribution in [0.4, 0.5) is 0 Å². The molecule has 118 valence electrons. The van der Waals surface area contributed by atoms with Gasteiger partial charge >= 0.3 is 5.97 Å². The largest absolute Gasteiger partial charge is 0.493 e. The first-order valence-electron chi connectivity index (χ1n) is 6.76. The molecule has 0 heterocycles. The van der Waals surface area contributed by atoms with Gasteiger partial charge in [0.05, 0.1) is 20.8 Å². The van der Waals surface area contributed by atoms with Crippen LogP contribution in [0.3, 0.4) is 0 Å². The van der Waals surface area contributed by atoms with E-state index in [0.717, 1.165) is 12.1 Å². The molecule has 6 heteroatoms. The predicted molar refractivity (Wildman–Crippen MR) is 81.0 cm³/mol. The molecule has 0 saturated carbocycles. The third-order valence-electron chi connectivity index (χ3n) is 3.10. The molecule has 0 bridgehead atoms. The highest BCUT2D eigenvalue weighted by Gasteiger charge is 2.15. The number of hydrogen-bond donors (Lipinski definition) is 1. The van der Waals surface area contributed by atoms with Crippen molar-refractivity contribution in [2.45, 2.75) is 6.54 Å². The van der Waals surface area contributed by atoms with Crippen LogP contribution in [-0.4, -0.2) is 68.8 Å². The molecule has 0 aliphatic heterocycles. The summed E-state index contributed by atoms with van der Waals surface area (Å²) in [5.74, 6) is 0.466. The molecule has 0 aliphatic carbocycles. The number of nitrogens with zero attached hydrogens (tertiary/aromatic N) is 2. The van der Waals surface area contributed by atoms with Crippen LogP contribution in [0, 0.1) is 0 Å². The molecule has 0 saturated heterocycles. The van der Waals surface area contributed by atoms with Gasteiger partial charge in [-0.3, -0.25) is 9.69 Å². The van der Waals surface area contributed by atoms with Gasteiger partial charge in [0.1, 0.15) is 0 Å². The molecule has 0 spiro atoms. The van der Waals surface area contributed by atoms with Gasteiger partial charge in [0.2, 0.25) is 0 Å². The number of hydrogen-bond acceptors (Lipinski definition) is 5. The molecule has 1 N–H and O–H groups in total. The second kappa shape index (κ2) is 8.49. The van der Waals surface area contributed by atoms with E-state index >= 15 is 0 Å². The number of benzene rings is 1. The summed E-state index contributed by atoms with van der Waals surface area (Å²) in [5, 5.41) is 9.04. The number of para-hydroxylation sites is 1. The second-order valence-electron chi connectivity index (χ2n) is 5.06. The summed E-state index contributed by atoms with van der Waals surface area (Å²) < 4.78 is 10.7. The summed E-state index contributed by atoms with van der Waals surface area (Å²) in [6.07, 6.45) is 0. The number of carboxylic acids is 1. The van der Waals surface area contributed by atoms with Gasteiger partial charge in [0, 0.05) is 25.2 Å². The maximum atomic E-state index is 11.0. The van der Waals surface area contributed by atoms with Crippen LogP contribution >= 0.6 is 0 Å². The van der Waals surface area contributed by atoms with E-state index in [0.29, 0.717) is 24.6 Å². The zero-order valence-electron chi connectivity index (χ0n) is 13.1. The van der Waals surface area contributed by atoms with E-state index in [-0.39, 0.29) is 6.54 Å². The Bertz CT molecular complexity index is 463. The SMILES string of the molecule is COc1cccc(CN(CCN(C)C)CC(=O)O)c1OC. The Hall–Kier alpha value is -1.79. The van der Waals surface area contributed by atoms with Crippen LogP contribution in [0.25, 0.3) is 0 Å². The average molecular weight is 296 g/mol. The topological polar surface area (TPSA) is 62.2 Å². The average Bonchev–Trinajstić information content (AvgIpc) is 2.43. The van der Waals surface area contributed by atoms with Crippen LogP contribution in [0.2, 0.25) is 0 Å². The van der Waals surface area contributed by atoms with Crippen LogP contribution in [0.1, 0.15) is 5.56 Å². The van der Waals surface area contributed by atoms with Crippen molar-refractivity contribution < 1.29 is 19.4 Å². The Morgan fingerprint density at radius 2 is 1.90 bits per heavy atom. The first kappa shape index (κ1) is 17.3. The summed E-state index contributed by atoms with van der Waals surface area (Å²) in [7, 11) is 7.10. The Morgan fingerprint density at radius 1 is 1.19 bits per heavy atom. The first-order chi connectivity index (χ1) is 9.97. The Labute approximate surface area is 125 Å². The first-order valence-corrected chi connectivity index (χ1v) is 6.76. The fourth-order valence-corrected chi connectivity index (χ4v) is 2.07. The smallest absolute Gasteiger partial charge is 0.317 e. The predicted octanol–water partition coefficient (Wildman–Crippen LogP) is 1.15. The molecule has 1 aromatic rings. The van der Waals surface area contributed by atoms with Gasteiger partial charge in [-0.1, -0.05) is 12.1 Å². The normalized spacial score (nSPS) is 11.0. The van der Waals surface area contributed by atoms with Gasteiger partial charge < -0.3 is 19.5 Å². The maximum Gasteiger partial charge on any atom is 0.317 e. The molecular formula is C15H24N2O4. The summed E-state index contributed by atoms with van der Waals surface area (Å²) >= 11 is 0. The molecule has 0 aromatic heterocycles. The molecular weight excluding hydrogens is 272 g/mol. The van der Waals surface area contributed by atoms with Crippen molar-refractivity contribution in [2.24, 2.45) is 0 Å². The van der Waals surface area contributed by atoms with Gasteiger partial charge in [-0.15, -0.1) is 0 Å². The molecule has 0 unspecified atom stereocenters. The number of carbonyl (C=O) groups is 1. The van der Waals surface area contributed by atoms with Crippen molar-refractivity contribution in [1.29, 1.82) is 0 Å². The minimum absolute atomic E-state index is 0.00575. The quantitative estimate of drug-likeness (QED) is 0.737. The second-order valence-corrected chi connectivity index (χ2v) is 5.06. The van der Waals surface area contributed by atoms with Crippen molar-refractivity contribution in [2.75, 3.05) is 47.9 Å². The molecule has 0 fully saturated rings. The molecule has 6 nitrogen and oxygen atoms in total. The van der Waals surface area contributed by atoms with Crippen molar-refractivity contribution in [1.82, 2.24) is 9.80 Å². The molecule has 1 aromatic carbocycles. The van der Waals surface area contributed by atoms with Crippen molar-refractivity contribution in [3.05, 3.63) is 23.8 Å². The van der Waals surface area contributed by atoms with Crippen LogP contribution in [0.5, 0.6) is 11.5 Å². The molecule has 0 atom stereocenters. The lowest BCUT2D eigenvalue weighted by Gasteiger charge is -2.23. The highest BCUT2D eigenvalue weighted by atomic mass is 16.5. The monoisotopic (exact) mass is 296 g/mol. The van der Waals surface area contributed by atoms with Crippen LogP contribution in [-0.2, 0) is 11.3 Å². The number of aliphatic carboxylic acids is 1. The maximum absolute atomic E-state index is 11.0. The van der Waals surface area contributed by atoms with Crippen molar-refractivity contribution in [3.8, 4) is 11.5 Å². The zero-order chi connectivity index (χ0) is 15.8. The fourth-order valence-electron chi connectivity index (χ4n) is 2.07. The van der Waals surface area contributed by atoms with E-state index in [1.165, 1.54) is 0 Å². The lowest BCUT2D eigenvalue weighted by Crippen LogP contribution is -2.35. The van der Waals surface area contributed by atoms with Crippen molar-refractivity contribution in [3.63, 3.8) is 0 Å². The summed E-state index contributed by atoms with van der Waals surface area (Å²) in [5.41, 5.74) is 0.914. The zero-order valence-corrected chi connectivity index (χ0v) is 13.1. The van der Waals surface area contributed by atoms with E-state index in [1.807, 2.05) is 42.1 Å². The summed E-state index contributed by atoms with van der Waals surface area (Å²) in [4.78, 5) is 14.9. The minimum Gasteiger partial charge on any atom is -0.493 e. The van der Waals surface area contributed by atoms with Gasteiger partial charge in [0.25, 0.3) is 0 Å². The van der Waals surface area contributed by atoms with Crippen molar-refractivity contribution >= 4 is 5.97 Å². The van der Waals surface area contributed by atoms with Crippen LogP contribution < -0.4 is 9.47 Å². The molecule has 1 rings (SSSR count). The lowest BCUT2D eigenvalue weighted by atomic mass is 10.1. The lowest BCUT2D eigenvalue weighted by molar-refractivity contribution is -0.138. The number of rotatable bonds is 9. The highest BCUT2D eigenvalue weighted by Crippen LogP contribution is 2.31. The third kappa shape index (κ3) is 5.61. The third-order valence-corrected chi connectivity index (χ3v) is 3.10. The standard InChI is InChI=1S/C15H24N2O4/c1-16(2)8-9-17(11-14(18)19)10-12-6-5-7-13(20-3)15(12)21-4/h5-7H,8-11H2,1-4H3,(H,18,19). The van der Waals surface area contributed by atoms with E-state index in [9.17, 15) is 4.79 Å². The van der Waals surface area contributed by atoms with Gasteiger partial charge in [-0.05, 0) is 20.2 Å². The van der Waals surface area contributed by atoms with Gasteiger partial charge in [-0.2, -0.15) is 0 Å².